The number of hydrogen-bond donors (Lipinski definition) is 1. The molecule has 0 saturated carbocycles. The molecule has 8 heavy (non-hydrogen) atoms. The van der Waals surface area contributed by atoms with E-state index in [4.69, 9.17) is 5.84 Å². The summed E-state index contributed by atoms with van der Waals surface area (Å²) in [5.74, 6) is 5.41. The maximum Gasteiger partial charge on any atom is 0.0462 e. The van der Waals surface area contributed by atoms with Crippen molar-refractivity contribution in [3.05, 3.63) is 12.2 Å². The van der Waals surface area contributed by atoms with Crippen molar-refractivity contribution in [1.29, 1.82) is 0 Å². The van der Waals surface area contributed by atoms with Crippen LogP contribution in [0.2, 0.25) is 0 Å². The molecule has 0 aliphatic heterocycles. The fourth-order valence-electron chi connectivity index (χ4n) is 0.322. The third-order valence-corrected chi connectivity index (χ3v) is 0.668. The lowest BCUT2D eigenvalue weighted by Gasteiger charge is -1.87. The lowest BCUT2D eigenvalue weighted by atomic mass is 10.2. The molecule has 2 nitrogen and oxygen atoms in total. The van der Waals surface area contributed by atoms with Gasteiger partial charge in [0.05, 0.1) is 0 Å². The molecule has 0 amide bonds. The largest absolute Gasteiger partial charge is 0.323 e. The first-order valence-corrected chi connectivity index (χ1v) is 2.67. The number of rotatable bonds is 2. The van der Waals surface area contributed by atoms with E-state index in [9.17, 15) is 0 Å². The molecule has 2 heteroatoms. The van der Waals surface area contributed by atoms with Crippen molar-refractivity contribution in [2.24, 2.45) is 16.9 Å². The summed E-state index contributed by atoms with van der Waals surface area (Å²) in [6, 6.07) is 0. The van der Waals surface area contributed by atoms with Crippen LogP contribution in [0, 0.1) is 5.92 Å². The molecule has 0 saturated heterocycles. The maximum absolute atomic E-state index is 4.83. The van der Waals surface area contributed by atoms with Gasteiger partial charge in [-0.2, -0.15) is 5.10 Å². The summed E-state index contributed by atoms with van der Waals surface area (Å²) in [4.78, 5) is 0. The van der Waals surface area contributed by atoms with Gasteiger partial charge in [-0.15, -0.1) is 0 Å². The van der Waals surface area contributed by atoms with Crippen molar-refractivity contribution in [3.8, 4) is 0 Å². The van der Waals surface area contributed by atoms with E-state index >= 15 is 0 Å². The summed E-state index contributed by atoms with van der Waals surface area (Å²) >= 11 is 0. The summed E-state index contributed by atoms with van der Waals surface area (Å²) < 4.78 is 0. The molecule has 48 valence electrons. The van der Waals surface area contributed by atoms with Gasteiger partial charge < -0.3 is 5.84 Å². The molecule has 0 aliphatic rings. The Morgan fingerprint density at radius 3 is 2.62 bits per heavy atom. The topological polar surface area (TPSA) is 38.4 Å². The fraction of sp³-hybridized carbons (Fsp3) is 0.500. The van der Waals surface area contributed by atoms with Crippen LogP contribution in [0.1, 0.15) is 15.3 Å². The van der Waals surface area contributed by atoms with Gasteiger partial charge in [-0.1, -0.05) is 19.9 Å². The maximum atomic E-state index is 4.83. The summed E-state index contributed by atoms with van der Waals surface area (Å²) in [7, 11) is 0. The average Bonchev–Trinajstić information content (AvgIpc) is 1.66. The summed E-state index contributed by atoms with van der Waals surface area (Å²) in [5.41, 5.74) is 0. The van der Waals surface area contributed by atoms with E-state index in [1.54, 1.807) is 6.21 Å². The number of allylic oxidation sites excluding steroid dienone is 2. The summed E-state index contributed by atoms with van der Waals surface area (Å²) in [5, 5.41) is 3.30. The number of nitrogens with zero attached hydrogens (tertiary/aromatic N) is 1. The zero-order chi connectivity index (χ0) is 6.41. The quantitative estimate of drug-likeness (QED) is 0.329. The molecule has 0 fully saturated rings. The molecule has 2 N–H and O–H groups in total. The Kier molecular flexibility index (Phi) is 3.94. The van der Waals surface area contributed by atoms with Crippen molar-refractivity contribution in [2.45, 2.75) is 13.8 Å². The number of hydrazone groups is 1. The predicted octanol–water partition coefficient (Wildman–Crippen LogP) is 1.39. The second-order valence-corrected chi connectivity index (χ2v) is 1.93. The van der Waals surface area contributed by atoms with Gasteiger partial charge in [-0.25, -0.2) is 0 Å². The van der Waals surface area contributed by atoms with Gasteiger partial charge in [-0.05, 0) is 12.0 Å². The van der Waals surface area contributed by atoms with E-state index in [1.165, 1.54) is 0 Å². The van der Waals surface area contributed by atoms with Gasteiger partial charge in [0.1, 0.15) is 0 Å². The average molecular weight is 114 g/mol. The second kappa shape index (κ2) is 4.37. The molecule has 0 radical (unpaired) electrons. The number of hydrogen-bond acceptors (Lipinski definition) is 2. The van der Waals surface area contributed by atoms with Gasteiger partial charge in [0.25, 0.3) is 0 Å². The Labute approximate surface area is 51.6 Å². The van der Waals surface area contributed by atoms with E-state index in [0.717, 1.165) is 0 Å². The molecule has 0 unspecified atom stereocenters. The van der Waals surface area contributed by atoms with Crippen LogP contribution < -0.4 is 5.84 Å². The first-order valence-electron chi connectivity index (χ1n) is 2.67. The summed E-state index contributed by atoms with van der Waals surface area (Å²) in [6.07, 6.45) is 5.43. The minimum absolute atomic E-state index is 0. The SMILES string of the molecule is CC(C)/C=C\C=N/N.[HH]. The van der Waals surface area contributed by atoms with Gasteiger partial charge in [0.2, 0.25) is 0 Å². The highest BCUT2D eigenvalue weighted by molar-refractivity contribution is 5.70. The van der Waals surface area contributed by atoms with Crippen molar-refractivity contribution in [3.63, 3.8) is 0 Å². The van der Waals surface area contributed by atoms with Crippen LogP contribution >= 0.6 is 0 Å². The van der Waals surface area contributed by atoms with E-state index in [2.05, 4.69) is 18.9 Å². The zero-order valence-electron chi connectivity index (χ0n) is 5.33. The van der Waals surface area contributed by atoms with Gasteiger partial charge in [0.15, 0.2) is 0 Å². The second-order valence-electron chi connectivity index (χ2n) is 1.93. The Balaban J connectivity index is 0. The standard InChI is InChI=1S/C6H12N2.H2/c1-6(2)4-3-5-8-7;/h3-6H,7H2,1-2H3;1H/b4-3-,8-5-;. The van der Waals surface area contributed by atoms with Crippen LogP contribution in [-0.4, -0.2) is 6.21 Å². The lowest BCUT2D eigenvalue weighted by Crippen LogP contribution is -1.80. The Morgan fingerprint density at radius 1 is 1.62 bits per heavy atom. The smallest absolute Gasteiger partial charge is 0.0462 e. The molecule has 0 atom stereocenters. The highest BCUT2D eigenvalue weighted by atomic mass is 15.1. The van der Waals surface area contributed by atoms with E-state index in [1.807, 2.05) is 12.2 Å². The first kappa shape index (κ1) is 7.21. The summed E-state index contributed by atoms with van der Waals surface area (Å²) in [6.45, 7) is 4.20. The van der Waals surface area contributed by atoms with Gasteiger partial charge in [0, 0.05) is 7.64 Å². The third kappa shape index (κ3) is 5.21. The first-order chi connectivity index (χ1) is 3.77. The van der Waals surface area contributed by atoms with Crippen LogP contribution in [0.5, 0.6) is 0 Å². The molecule has 0 rings (SSSR count). The molecule has 0 spiro atoms. The highest BCUT2D eigenvalue weighted by Crippen LogP contribution is 1.90. The Morgan fingerprint density at radius 2 is 2.25 bits per heavy atom. The molecule has 0 aromatic rings. The monoisotopic (exact) mass is 114 g/mol. The van der Waals surface area contributed by atoms with Crippen molar-refractivity contribution < 1.29 is 1.43 Å². The molecule has 0 aromatic carbocycles. The predicted molar refractivity (Wildman–Crippen MR) is 38.8 cm³/mol. The number of nitrogens with two attached hydrogens (primary N) is 1. The Hall–Kier alpha value is -0.790. The third-order valence-electron chi connectivity index (χ3n) is 0.668. The van der Waals surface area contributed by atoms with E-state index in [-0.39, 0.29) is 1.43 Å². The lowest BCUT2D eigenvalue weighted by molar-refractivity contribution is 0.833. The van der Waals surface area contributed by atoms with Crippen LogP contribution in [-0.2, 0) is 0 Å². The molecule has 0 heterocycles. The van der Waals surface area contributed by atoms with Crippen molar-refractivity contribution >= 4 is 6.21 Å². The minimum atomic E-state index is 0. The van der Waals surface area contributed by atoms with Gasteiger partial charge in [-0.3, -0.25) is 0 Å². The van der Waals surface area contributed by atoms with Crippen LogP contribution in [0.4, 0.5) is 0 Å². The molecule has 0 aromatic heterocycles. The fourth-order valence-corrected chi connectivity index (χ4v) is 0.322. The molecular formula is C6H14N2. The van der Waals surface area contributed by atoms with Crippen LogP contribution in [0.25, 0.3) is 0 Å². The van der Waals surface area contributed by atoms with Crippen LogP contribution in [0.15, 0.2) is 17.3 Å². The molecule has 0 bridgehead atoms. The normalized spacial score (nSPS) is 12.4. The van der Waals surface area contributed by atoms with E-state index < -0.39 is 0 Å². The van der Waals surface area contributed by atoms with Gasteiger partial charge >= 0.3 is 0 Å². The highest BCUT2D eigenvalue weighted by Gasteiger charge is 1.78. The van der Waals surface area contributed by atoms with E-state index in [0.29, 0.717) is 5.92 Å². The minimum Gasteiger partial charge on any atom is -0.323 e. The van der Waals surface area contributed by atoms with Crippen molar-refractivity contribution in [1.82, 2.24) is 0 Å². The van der Waals surface area contributed by atoms with Crippen LogP contribution in [0.3, 0.4) is 0 Å². The molecule has 0 aliphatic carbocycles. The zero-order valence-corrected chi connectivity index (χ0v) is 5.33. The Bertz CT molecular complexity index is 97.2. The molecular weight excluding hydrogens is 100 g/mol. The van der Waals surface area contributed by atoms with Crippen molar-refractivity contribution in [2.75, 3.05) is 0 Å².